The van der Waals surface area contributed by atoms with E-state index in [1.165, 1.54) is 0 Å². The van der Waals surface area contributed by atoms with Gasteiger partial charge in [-0.05, 0) is 39.0 Å². The van der Waals surface area contributed by atoms with Crippen molar-refractivity contribution in [2.75, 3.05) is 0 Å². The lowest BCUT2D eigenvalue weighted by Crippen LogP contribution is -2.38. The van der Waals surface area contributed by atoms with Crippen LogP contribution in [0.5, 0.6) is 0 Å². The number of nitrogens with zero attached hydrogens (tertiary/aromatic N) is 1. The number of allylic oxidation sites excluding steroid dienone is 2. The van der Waals surface area contributed by atoms with Crippen LogP contribution in [0.25, 0.3) is 0 Å². The van der Waals surface area contributed by atoms with E-state index in [1.807, 2.05) is 40.7 Å². The first-order valence-electron chi connectivity index (χ1n) is 6.16. The van der Waals surface area contributed by atoms with E-state index in [2.05, 4.69) is 11.5 Å². The number of rotatable bonds is 3. The second kappa shape index (κ2) is 4.74. The van der Waals surface area contributed by atoms with Crippen LogP contribution in [-0.2, 0) is 9.63 Å². The molecule has 100 valence electrons. The van der Waals surface area contributed by atoms with Gasteiger partial charge < -0.3 is 4.84 Å². The summed E-state index contributed by atoms with van der Waals surface area (Å²) in [7, 11) is 0. The Morgan fingerprint density at radius 3 is 2.44 bits per heavy atom. The van der Waals surface area contributed by atoms with Crippen molar-refractivity contribution in [2.24, 2.45) is 17.3 Å². The van der Waals surface area contributed by atoms with Crippen LogP contribution in [0.4, 0.5) is 0 Å². The van der Waals surface area contributed by atoms with Crippen molar-refractivity contribution in [3.63, 3.8) is 0 Å². The van der Waals surface area contributed by atoms with E-state index < -0.39 is 0 Å². The van der Waals surface area contributed by atoms with E-state index in [4.69, 9.17) is 10.1 Å². The van der Waals surface area contributed by atoms with Gasteiger partial charge in [0.2, 0.25) is 0 Å². The number of carbonyl (C=O) groups is 1. The molecule has 0 spiro atoms. The molecule has 1 N–H and O–H groups in total. The Morgan fingerprint density at radius 1 is 1.44 bits per heavy atom. The van der Waals surface area contributed by atoms with Crippen LogP contribution in [0, 0.1) is 28.6 Å². The highest BCUT2D eigenvalue weighted by atomic mass is 16.7. The van der Waals surface area contributed by atoms with E-state index in [1.54, 1.807) is 6.92 Å². The van der Waals surface area contributed by atoms with E-state index in [0.29, 0.717) is 5.57 Å². The molecular formula is C14H22N2O2. The molecule has 0 aromatic heterocycles. The predicted molar refractivity (Wildman–Crippen MR) is 69.1 cm³/mol. The molecule has 1 fully saturated rings. The maximum atomic E-state index is 12.0. The van der Waals surface area contributed by atoms with Gasteiger partial charge in [0, 0.05) is 11.1 Å². The molecule has 1 aliphatic rings. The minimum Gasteiger partial charge on any atom is -0.370 e. The van der Waals surface area contributed by atoms with Crippen LogP contribution < -0.4 is 5.48 Å². The lowest BCUT2D eigenvalue weighted by Gasteiger charge is -2.19. The first-order chi connectivity index (χ1) is 8.09. The fourth-order valence-corrected chi connectivity index (χ4v) is 2.01. The molecule has 0 aliphatic heterocycles. The lowest BCUT2D eigenvalue weighted by atomic mass is 10.1. The van der Waals surface area contributed by atoms with Crippen molar-refractivity contribution in [1.82, 2.24) is 5.48 Å². The summed E-state index contributed by atoms with van der Waals surface area (Å²) in [4.78, 5) is 17.1. The fourth-order valence-electron chi connectivity index (χ4n) is 2.01. The zero-order chi connectivity index (χ0) is 14.1. The molecule has 0 radical (unpaired) electrons. The van der Waals surface area contributed by atoms with Crippen molar-refractivity contribution in [1.29, 1.82) is 5.26 Å². The Balaban J connectivity index is 2.64. The van der Waals surface area contributed by atoms with Crippen LogP contribution in [0.1, 0.15) is 41.5 Å². The van der Waals surface area contributed by atoms with Gasteiger partial charge in [-0.2, -0.15) is 5.26 Å². The van der Waals surface area contributed by atoms with Gasteiger partial charge in [0.25, 0.3) is 0 Å². The number of hydrogen-bond acceptors (Lipinski definition) is 4. The highest BCUT2D eigenvalue weighted by molar-refractivity contribution is 5.78. The molecule has 0 heterocycles. The summed E-state index contributed by atoms with van der Waals surface area (Å²) in [5, 5.41) is 8.77. The van der Waals surface area contributed by atoms with Crippen LogP contribution in [0.2, 0.25) is 0 Å². The molecule has 4 nitrogen and oxygen atoms in total. The molecule has 0 amide bonds. The molecule has 0 aromatic carbocycles. The average molecular weight is 250 g/mol. The normalized spacial score (nSPS) is 26.4. The van der Waals surface area contributed by atoms with Gasteiger partial charge in [0.05, 0.1) is 12.0 Å². The van der Waals surface area contributed by atoms with Gasteiger partial charge in [0.1, 0.15) is 0 Å². The Hall–Kier alpha value is -1.34. The zero-order valence-corrected chi connectivity index (χ0v) is 12.0. The quantitative estimate of drug-likeness (QED) is 0.617. The first kappa shape index (κ1) is 14.7. The van der Waals surface area contributed by atoms with Gasteiger partial charge >= 0.3 is 5.97 Å². The predicted octanol–water partition coefficient (Wildman–Crippen LogP) is 2.57. The van der Waals surface area contributed by atoms with Crippen LogP contribution in [-0.4, -0.2) is 11.5 Å². The van der Waals surface area contributed by atoms with E-state index in [-0.39, 0.29) is 28.8 Å². The minimum absolute atomic E-state index is 0.0893. The molecule has 1 saturated carbocycles. The zero-order valence-electron chi connectivity index (χ0n) is 12.0. The molecular weight excluding hydrogens is 228 g/mol. The molecule has 1 rings (SSSR count). The summed E-state index contributed by atoms with van der Waals surface area (Å²) in [5.41, 5.74) is 2.99. The third-order valence-corrected chi connectivity index (χ3v) is 3.23. The van der Waals surface area contributed by atoms with Gasteiger partial charge in [-0.3, -0.25) is 4.79 Å². The second-order valence-electron chi connectivity index (χ2n) is 6.56. The van der Waals surface area contributed by atoms with Crippen LogP contribution in [0.3, 0.4) is 0 Å². The van der Waals surface area contributed by atoms with E-state index in [9.17, 15) is 4.79 Å². The molecule has 4 heteroatoms. The van der Waals surface area contributed by atoms with Gasteiger partial charge in [-0.1, -0.05) is 19.9 Å². The smallest absolute Gasteiger partial charge is 0.328 e. The lowest BCUT2D eigenvalue weighted by molar-refractivity contribution is -0.157. The number of hydrogen-bond donors (Lipinski definition) is 1. The summed E-state index contributed by atoms with van der Waals surface area (Å²) < 4.78 is 0. The first-order valence-corrected chi connectivity index (χ1v) is 6.16. The number of nitrogens with one attached hydrogen (secondary N) is 1. The Kier molecular flexibility index (Phi) is 3.87. The Morgan fingerprint density at radius 2 is 2.00 bits per heavy atom. The van der Waals surface area contributed by atoms with Crippen LogP contribution in [0.15, 0.2) is 11.6 Å². The standard InChI is InChI=1S/C14H22N2O2/c1-9(8-15)7-10-11(14(10,5)6)12(17)18-16-13(2,3)4/h7,10-11,16H,1-6H3/b9-7-/t10-,11-/m0/s1. The monoisotopic (exact) mass is 250 g/mol. The average Bonchev–Trinajstić information content (AvgIpc) is 2.76. The third kappa shape index (κ3) is 3.33. The summed E-state index contributed by atoms with van der Waals surface area (Å²) in [6, 6.07) is 2.08. The third-order valence-electron chi connectivity index (χ3n) is 3.23. The highest BCUT2D eigenvalue weighted by Crippen LogP contribution is 2.59. The Labute approximate surface area is 109 Å². The van der Waals surface area contributed by atoms with Crippen molar-refractivity contribution in [3.8, 4) is 6.07 Å². The molecule has 0 bridgehead atoms. The summed E-state index contributed by atoms with van der Waals surface area (Å²) in [6.45, 7) is 11.6. The molecule has 2 atom stereocenters. The summed E-state index contributed by atoms with van der Waals surface area (Å²) in [5.74, 6) is -0.330. The van der Waals surface area contributed by atoms with Crippen molar-refractivity contribution < 1.29 is 9.63 Å². The molecule has 18 heavy (non-hydrogen) atoms. The number of nitriles is 1. The van der Waals surface area contributed by atoms with Gasteiger partial charge in [-0.25, -0.2) is 0 Å². The molecule has 0 aromatic rings. The van der Waals surface area contributed by atoms with E-state index >= 15 is 0 Å². The Bertz CT molecular complexity index is 410. The topological polar surface area (TPSA) is 62.1 Å². The molecule has 0 unspecified atom stereocenters. The number of carbonyl (C=O) groups excluding carboxylic acids is 1. The highest BCUT2D eigenvalue weighted by Gasteiger charge is 2.61. The summed E-state index contributed by atoms with van der Waals surface area (Å²) in [6.07, 6.45) is 1.86. The SMILES string of the molecule is C/C(C#N)=C/[C@H]1[C@@H](C(=O)ONC(C)(C)C)C1(C)C. The largest absolute Gasteiger partial charge is 0.370 e. The maximum absolute atomic E-state index is 12.0. The van der Waals surface area contributed by atoms with Crippen molar-refractivity contribution in [2.45, 2.75) is 47.1 Å². The van der Waals surface area contributed by atoms with Gasteiger partial charge in [0.15, 0.2) is 0 Å². The fraction of sp³-hybridized carbons (Fsp3) is 0.714. The summed E-state index contributed by atoms with van der Waals surface area (Å²) >= 11 is 0. The van der Waals surface area contributed by atoms with Crippen LogP contribution >= 0.6 is 0 Å². The molecule has 1 aliphatic carbocycles. The van der Waals surface area contributed by atoms with Gasteiger partial charge in [-0.15, -0.1) is 5.48 Å². The van der Waals surface area contributed by atoms with E-state index in [0.717, 1.165) is 0 Å². The molecule has 0 saturated heterocycles. The maximum Gasteiger partial charge on any atom is 0.328 e. The second-order valence-corrected chi connectivity index (χ2v) is 6.56. The number of hydroxylamine groups is 1. The van der Waals surface area contributed by atoms with Crippen molar-refractivity contribution >= 4 is 5.97 Å². The minimum atomic E-state index is -0.261. The van der Waals surface area contributed by atoms with Crippen molar-refractivity contribution in [3.05, 3.63) is 11.6 Å².